The number of aryl methyl sites for hydroxylation is 1. The molecule has 0 N–H and O–H groups in total. The van der Waals surface area contributed by atoms with Crippen LogP contribution in [0.4, 0.5) is 0 Å². The van der Waals surface area contributed by atoms with E-state index < -0.39 is 0 Å². The number of furan rings is 1. The van der Waals surface area contributed by atoms with E-state index in [1.165, 1.54) is 38.6 Å². The highest BCUT2D eigenvalue weighted by Crippen LogP contribution is 2.41. The van der Waals surface area contributed by atoms with E-state index in [9.17, 15) is 0 Å². The van der Waals surface area contributed by atoms with Crippen molar-refractivity contribution in [3.63, 3.8) is 0 Å². The molecule has 0 radical (unpaired) electrons. The van der Waals surface area contributed by atoms with Crippen LogP contribution < -0.4 is 4.74 Å². The van der Waals surface area contributed by atoms with Gasteiger partial charge >= 0.3 is 0 Å². The largest absolute Gasteiger partial charge is 0.457 e. The zero-order valence-electron chi connectivity index (χ0n) is 28.6. The van der Waals surface area contributed by atoms with Gasteiger partial charge < -0.3 is 13.7 Å². The first-order chi connectivity index (χ1) is 25.7. The van der Waals surface area contributed by atoms with Crippen molar-refractivity contribution < 1.29 is 9.15 Å². The quantitative estimate of drug-likeness (QED) is 0.176. The van der Waals surface area contributed by atoms with Crippen molar-refractivity contribution in [2.45, 2.75) is 6.92 Å². The van der Waals surface area contributed by atoms with Gasteiger partial charge in [-0.25, -0.2) is 0 Å². The van der Waals surface area contributed by atoms with Gasteiger partial charge in [-0.15, -0.1) is 0 Å². The molecular weight excluding hydrogens is 635 g/mol. The second-order valence-electron chi connectivity index (χ2n) is 13.4. The summed E-state index contributed by atoms with van der Waals surface area (Å²) >= 11 is 0. The molecule has 52 heavy (non-hydrogen) atoms. The standard InChI is InChI=1S/C49H33NO2/c1-32-12-8-9-17-39(32)40-18-10-11-19-47(40)51-38-23-27-49-44(31-38)43-30-37(22-26-48(43)52-49)50-45-24-20-35(33-13-4-2-5-14-33)28-41(45)42-29-36(21-25-46(42)50)34-15-6-3-7-16-34/h2-31H,1H3. The number of hydrogen-bond acceptors (Lipinski definition) is 2. The molecule has 2 heterocycles. The zero-order valence-corrected chi connectivity index (χ0v) is 28.6. The monoisotopic (exact) mass is 667 g/mol. The maximum Gasteiger partial charge on any atom is 0.135 e. The normalized spacial score (nSPS) is 11.6. The van der Waals surface area contributed by atoms with Crippen molar-refractivity contribution in [1.29, 1.82) is 0 Å². The Hall–Kier alpha value is -6.84. The average molecular weight is 668 g/mol. The third-order valence-corrected chi connectivity index (χ3v) is 10.2. The Morgan fingerprint density at radius 1 is 0.423 bits per heavy atom. The van der Waals surface area contributed by atoms with Crippen LogP contribution in [0.1, 0.15) is 5.56 Å². The van der Waals surface area contributed by atoms with Crippen molar-refractivity contribution in [1.82, 2.24) is 4.57 Å². The van der Waals surface area contributed by atoms with Gasteiger partial charge in [-0.05, 0) is 107 Å². The number of benzene rings is 8. The number of ether oxygens (including phenoxy) is 1. The molecular formula is C49H33NO2. The van der Waals surface area contributed by atoms with E-state index in [1.54, 1.807) is 0 Å². The number of hydrogen-bond donors (Lipinski definition) is 0. The minimum atomic E-state index is 0.764. The first-order valence-electron chi connectivity index (χ1n) is 17.7. The molecule has 0 amide bonds. The molecule has 0 unspecified atom stereocenters. The summed E-state index contributed by atoms with van der Waals surface area (Å²) < 4.78 is 15.4. The fraction of sp³-hybridized carbons (Fsp3) is 0.0204. The van der Waals surface area contributed by atoms with Gasteiger partial charge in [0.15, 0.2) is 0 Å². The summed E-state index contributed by atoms with van der Waals surface area (Å²) in [5.74, 6) is 1.58. The van der Waals surface area contributed by atoms with Crippen LogP contribution in [0.25, 0.3) is 82.8 Å². The van der Waals surface area contributed by atoms with Gasteiger partial charge in [-0.3, -0.25) is 0 Å². The Kier molecular flexibility index (Phi) is 7.04. The number of nitrogens with zero attached hydrogens (tertiary/aromatic N) is 1. The summed E-state index contributed by atoms with van der Waals surface area (Å²) in [6, 6.07) is 64.1. The lowest BCUT2D eigenvalue weighted by Crippen LogP contribution is -1.93. The molecule has 2 aromatic heterocycles. The van der Waals surface area contributed by atoms with Crippen LogP contribution in [0.3, 0.4) is 0 Å². The van der Waals surface area contributed by atoms with E-state index in [-0.39, 0.29) is 0 Å². The molecule has 0 aliphatic rings. The molecule has 0 saturated carbocycles. The Bertz CT molecular complexity index is 2840. The molecule has 0 bridgehead atoms. The number of rotatable bonds is 6. The van der Waals surface area contributed by atoms with Gasteiger partial charge in [-0.2, -0.15) is 0 Å². The van der Waals surface area contributed by atoms with E-state index in [2.05, 4.69) is 169 Å². The van der Waals surface area contributed by atoms with Crippen LogP contribution in [-0.4, -0.2) is 4.57 Å². The fourth-order valence-electron chi connectivity index (χ4n) is 7.65. The molecule has 246 valence electrons. The highest BCUT2D eigenvalue weighted by Gasteiger charge is 2.17. The van der Waals surface area contributed by atoms with Gasteiger partial charge in [0.2, 0.25) is 0 Å². The second kappa shape index (κ2) is 12.2. The van der Waals surface area contributed by atoms with Gasteiger partial charge in [-0.1, -0.05) is 115 Å². The van der Waals surface area contributed by atoms with Crippen LogP contribution in [0.15, 0.2) is 186 Å². The Morgan fingerprint density at radius 3 is 1.63 bits per heavy atom. The summed E-state index contributed by atoms with van der Waals surface area (Å²) in [4.78, 5) is 0. The lowest BCUT2D eigenvalue weighted by Gasteiger charge is -2.13. The van der Waals surface area contributed by atoms with Gasteiger partial charge in [0.05, 0.1) is 11.0 Å². The van der Waals surface area contributed by atoms with Crippen molar-refractivity contribution in [3.05, 3.63) is 188 Å². The van der Waals surface area contributed by atoms with Gasteiger partial charge in [0.1, 0.15) is 22.7 Å². The first kappa shape index (κ1) is 30.0. The van der Waals surface area contributed by atoms with Crippen LogP contribution >= 0.6 is 0 Å². The molecule has 0 spiro atoms. The molecule has 0 atom stereocenters. The van der Waals surface area contributed by atoms with Crippen LogP contribution in [-0.2, 0) is 0 Å². The van der Waals surface area contributed by atoms with E-state index in [0.29, 0.717) is 0 Å². The average Bonchev–Trinajstić information content (AvgIpc) is 3.73. The lowest BCUT2D eigenvalue weighted by molar-refractivity contribution is 0.485. The van der Waals surface area contributed by atoms with Crippen molar-refractivity contribution in [3.8, 4) is 50.6 Å². The minimum Gasteiger partial charge on any atom is -0.457 e. The molecule has 0 aliphatic carbocycles. The van der Waals surface area contributed by atoms with E-state index in [0.717, 1.165) is 61.3 Å². The number of fused-ring (bicyclic) bond motifs is 6. The molecule has 10 rings (SSSR count). The highest BCUT2D eigenvalue weighted by atomic mass is 16.5. The smallest absolute Gasteiger partial charge is 0.135 e. The molecule has 10 aromatic rings. The number of para-hydroxylation sites is 1. The molecule has 3 heteroatoms. The maximum atomic E-state index is 6.61. The molecule has 0 fully saturated rings. The summed E-state index contributed by atoms with van der Waals surface area (Å²) in [5.41, 5.74) is 13.3. The summed E-state index contributed by atoms with van der Waals surface area (Å²) in [5, 5.41) is 4.49. The maximum absolute atomic E-state index is 6.61. The van der Waals surface area contributed by atoms with Crippen molar-refractivity contribution >= 4 is 43.7 Å². The van der Waals surface area contributed by atoms with Crippen molar-refractivity contribution in [2.75, 3.05) is 0 Å². The summed E-state index contributed by atoms with van der Waals surface area (Å²) in [6.07, 6.45) is 0. The molecule has 0 saturated heterocycles. The Morgan fingerprint density at radius 2 is 0.981 bits per heavy atom. The predicted octanol–water partition coefficient (Wildman–Crippen LogP) is 13.8. The third kappa shape index (κ3) is 5.06. The van der Waals surface area contributed by atoms with Crippen molar-refractivity contribution in [2.24, 2.45) is 0 Å². The third-order valence-electron chi connectivity index (χ3n) is 10.2. The highest BCUT2D eigenvalue weighted by molar-refractivity contribution is 6.12. The minimum absolute atomic E-state index is 0.764. The molecule has 8 aromatic carbocycles. The van der Waals surface area contributed by atoms with E-state index >= 15 is 0 Å². The summed E-state index contributed by atoms with van der Waals surface area (Å²) in [6.45, 7) is 2.13. The first-order valence-corrected chi connectivity index (χ1v) is 17.7. The molecule has 3 nitrogen and oxygen atoms in total. The van der Waals surface area contributed by atoms with Crippen LogP contribution in [0, 0.1) is 6.92 Å². The SMILES string of the molecule is Cc1ccccc1-c1ccccc1Oc1ccc2oc3ccc(-n4c5ccc(-c6ccccc6)cc5c5cc(-c6ccccc6)ccc54)cc3c2c1. The van der Waals surface area contributed by atoms with Gasteiger partial charge in [0.25, 0.3) is 0 Å². The summed E-state index contributed by atoms with van der Waals surface area (Å²) in [7, 11) is 0. The fourth-order valence-corrected chi connectivity index (χ4v) is 7.65. The number of aromatic nitrogens is 1. The van der Waals surface area contributed by atoms with Crippen LogP contribution in [0.2, 0.25) is 0 Å². The van der Waals surface area contributed by atoms with Gasteiger partial charge in [0, 0.05) is 32.8 Å². The predicted molar refractivity (Wildman–Crippen MR) is 216 cm³/mol. The van der Waals surface area contributed by atoms with E-state index in [4.69, 9.17) is 9.15 Å². The topological polar surface area (TPSA) is 27.3 Å². The second-order valence-corrected chi connectivity index (χ2v) is 13.4. The molecule has 0 aliphatic heterocycles. The Labute approximate surface area is 301 Å². The zero-order chi connectivity index (χ0) is 34.6. The van der Waals surface area contributed by atoms with E-state index in [1.807, 2.05) is 24.3 Å². The van der Waals surface area contributed by atoms with Crippen LogP contribution in [0.5, 0.6) is 11.5 Å². The lowest BCUT2D eigenvalue weighted by atomic mass is 10.00. The Balaban J connectivity index is 1.12.